The molecule has 7 nitrogen and oxygen atoms in total. The molecule has 2 heterocycles. The quantitative estimate of drug-likeness (QED) is 0.707. The third kappa shape index (κ3) is 4.00. The minimum Gasteiger partial charge on any atom is -0.338 e. The molecule has 0 amide bonds. The number of hydrogen-bond donors (Lipinski definition) is 0. The van der Waals surface area contributed by atoms with Gasteiger partial charge in [0.05, 0.1) is 10.9 Å². The lowest BCUT2D eigenvalue weighted by Gasteiger charge is -2.36. The maximum atomic E-state index is 12.8. The summed E-state index contributed by atoms with van der Waals surface area (Å²) in [7, 11) is -3.48. The summed E-state index contributed by atoms with van der Waals surface area (Å²) in [4.78, 5) is 6.94. The van der Waals surface area contributed by atoms with Crippen molar-refractivity contribution in [3.63, 3.8) is 0 Å². The fourth-order valence-electron chi connectivity index (χ4n) is 2.92. The first-order valence-corrected chi connectivity index (χ1v) is 10.9. The van der Waals surface area contributed by atoms with Crippen molar-refractivity contribution >= 4 is 26.0 Å². The molecule has 0 radical (unpaired) electrons. The first kappa shape index (κ1) is 19.5. The van der Waals surface area contributed by atoms with Gasteiger partial charge in [0, 0.05) is 36.6 Å². The van der Waals surface area contributed by atoms with Gasteiger partial charge < -0.3 is 4.52 Å². The van der Waals surface area contributed by atoms with E-state index in [-0.39, 0.29) is 12.0 Å². The summed E-state index contributed by atoms with van der Waals surface area (Å²) >= 11 is 3.33. The molecule has 0 aliphatic carbocycles. The van der Waals surface area contributed by atoms with E-state index in [1.807, 2.05) is 26.8 Å². The SMILES string of the molecule is CC(C)c1noc(C(C)N2CCN(S(=O)(=O)c3cccc(Br)c3)CC2)n1. The van der Waals surface area contributed by atoms with E-state index in [1.54, 1.807) is 18.2 Å². The molecule has 1 aliphatic rings. The molecule has 26 heavy (non-hydrogen) atoms. The first-order valence-electron chi connectivity index (χ1n) is 8.62. The Kier molecular flexibility index (Phi) is 5.81. The average Bonchev–Trinajstić information content (AvgIpc) is 3.11. The Hall–Kier alpha value is -1.29. The number of sulfonamides is 1. The van der Waals surface area contributed by atoms with E-state index >= 15 is 0 Å². The zero-order chi connectivity index (χ0) is 18.9. The molecular formula is C17H23BrN4O3S. The number of halogens is 1. The Bertz CT molecular complexity index is 860. The zero-order valence-corrected chi connectivity index (χ0v) is 17.5. The van der Waals surface area contributed by atoms with Gasteiger partial charge in [-0.05, 0) is 25.1 Å². The molecule has 1 fully saturated rings. The van der Waals surface area contributed by atoms with Crippen LogP contribution in [0.4, 0.5) is 0 Å². The summed E-state index contributed by atoms with van der Waals surface area (Å²) in [6, 6.07) is 6.77. The van der Waals surface area contributed by atoms with Gasteiger partial charge in [0.15, 0.2) is 5.82 Å². The van der Waals surface area contributed by atoms with E-state index in [2.05, 4.69) is 31.0 Å². The average molecular weight is 443 g/mol. The van der Waals surface area contributed by atoms with Crippen LogP contribution in [0, 0.1) is 0 Å². The zero-order valence-electron chi connectivity index (χ0n) is 15.1. The molecule has 1 atom stereocenters. The summed E-state index contributed by atoms with van der Waals surface area (Å²) in [6.07, 6.45) is 0. The van der Waals surface area contributed by atoms with Crippen molar-refractivity contribution in [1.82, 2.24) is 19.3 Å². The maximum Gasteiger partial charge on any atom is 0.243 e. The van der Waals surface area contributed by atoms with E-state index in [0.717, 1.165) is 4.47 Å². The lowest BCUT2D eigenvalue weighted by Crippen LogP contribution is -2.49. The van der Waals surface area contributed by atoms with Crippen LogP contribution in [0.2, 0.25) is 0 Å². The topological polar surface area (TPSA) is 79.5 Å². The second kappa shape index (κ2) is 7.75. The second-order valence-corrected chi connectivity index (χ2v) is 9.57. The van der Waals surface area contributed by atoms with Crippen molar-refractivity contribution in [2.45, 2.75) is 37.6 Å². The van der Waals surface area contributed by atoms with Gasteiger partial charge in [0.2, 0.25) is 15.9 Å². The van der Waals surface area contributed by atoms with E-state index < -0.39 is 10.0 Å². The Balaban J connectivity index is 1.66. The monoisotopic (exact) mass is 442 g/mol. The predicted molar refractivity (Wildman–Crippen MR) is 101 cm³/mol. The third-order valence-electron chi connectivity index (χ3n) is 4.59. The smallest absolute Gasteiger partial charge is 0.243 e. The normalized spacial score (nSPS) is 18.3. The van der Waals surface area contributed by atoms with Crippen LogP contribution in [0.3, 0.4) is 0 Å². The number of benzene rings is 1. The predicted octanol–water partition coefficient (Wildman–Crippen LogP) is 3.02. The van der Waals surface area contributed by atoms with Gasteiger partial charge in [0.1, 0.15) is 0 Å². The molecule has 1 unspecified atom stereocenters. The molecule has 2 aromatic rings. The lowest BCUT2D eigenvalue weighted by molar-refractivity contribution is 0.124. The Labute approximate surface area is 162 Å². The van der Waals surface area contributed by atoms with Crippen LogP contribution in [-0.4, -0.2) is 53.9 Å². The Morgan fingerprint density at radius 3 is 2.42 bits per heavy atom. The summed E-state index contributed by atoms with van der Waals surface area (Å²) in [5, 5.41) is 4.01. The fraction of sp³-hybridized carbons (Fsp3) is 0.529. The van der Waals surface area contributed by atoms with Crippen LogP contribution >= 0.6 is 15.9 Å². The Morgan fingerprint density at radius 2 is 1.85 bits per heavy atom. The van der Waals surface area contributed by atoms with Crippen LogP contribution in [0.15, 0.2) is 38.2 Å². The molecule has 0 spiro atoms. The highest BCUT2D eigenvalue weighted by Gasteiger charge is 2.32. The maximum absolute atomic E-state index is 12.8. The highest BCUT2D eigenvalue weighted by Crippen LogP contribution is 2.25. The molecule has 1 aliphatic heterocycles. The van der Waals surface area contributed by atoms with Crippen molar-refractivity contribution in [1.29, 1.82) is 0 Å². The van der Waals surface area contributed by atoms with Crippen LogP contribution in [0.1, 0.15) is 44.4 Å². The van der Waals surface area contributed by atoms with Crippen molar-refractivity contribution < 1.29 is 12.9 Å². The van der Waals surface area contributed by atoms with Gasteiger partial charge in [-0.3, -0.25) is 4.90 Å². The van der Waals surface area contributed by atoms with Gasteiger partial charge >= 0.3 is 0 Å². The summed E-state index contributed by atoms with van der Waals surface area (Å²) < 4.78 is 33.3. The molecule has 142 valence electrons. The highest BCUT2D eigenvalue weighted by molar-refractivity contribution is 9.10. The van der Waals surface area contributed by atoms with Gasteiger partial charge in [-0.1, -0.05) is 41.0 Å². The standard InChI is InChI=1S/C17H23BrN4O3S/c1-12(2)16-19-17(25-20-16)13(3)21-7-9-22(10-8-21)26(23,24)15-6-4-5-14(18)11-15/h4-6,11-13H,7-10H2,1-3H3. The molecule has 1 aromatic heterocycles. The molecule has 3 rings (SSSR count). The van der Waals surface area contributed by atoms with E-state index in [4.69, 9.17) is 4.52 Å². The number of aromatic nitrogens is 2. The van der Waals surface area contributed by atoms with Gasteiger partial charge in [-0.15, -0.1) is 0 Å². The highest BCUT2D eigenvalue weighted by atomic mass is 79.9. The van der Waals surface area contributed by atoms with E-state index in [0.29, 0.717) is 42.8 Å². The minimum atomic E-state index is -3.48. The van der Waals surface area contributed by atoms with Crippen LogP contribution in [-0.2, 0) is 10.0 Å². The molecular weight excluding hydrogens is 420 g/mol. The molecule has 0 saturated carbocycles. The lowest BCUT2D eigenvalue weighted by atomic mass is 10.2. The van der Waals surface area contributed by atoms with Crippen molar-refractivity contribution in [3.05, 3.63) is 40.5 Å². The first-order chi connectivity index (χ1) is 12.3. The van der Waals surface area contributed by atoms with Crippen LogP contribution < -0.4 is 0 Å². The third-order valence-corrected chi connectivity index (χ3v) is 6.97. The van der Waals surface area contributed by atoms with Crippen molar-refractivity contribution in [2.24, 2.45) is 0 Å². The summed E-state index contributed by atoms with van der Waals surface area (Å²) in [5.41, 5.74) is 0. The number of rotatable bonds is 5. The molecule has 9 heteroatoms. The van der Waals surface area contributed by atoms with Crippen molar-refractivity contribution in [2.75, 3.05) is 26.2 Å². The summed E-state index contributed by atoms with van der Waals surface area (Å²) in [6.45, 7) is 8.15. The fourth-order valence-corrected chi connectivity index (χ4v) is 4.93. The van der Waals surface area contributed by atoms with Crippen molar-refractivity contribution in [3.8, 4) is 0 Å². The second-order valence-electron chi connectivity index (χ2n) is 6.72. The molecule has 0 N–H and O–H groups in total. The van der Waals surface area contributed by atoms with Crippen LogP contribution in [0.5, 0.6) is 0 Å². The number of hydrogen-bond acceptors (Lipinski definition) is 6. The van der Waals surface area contributed by atoms with Gasteiger partial charge in [-0.2, -0.15) is 9.29 Å². The van der Waals surface area contributed by atoms with Gasteiger partial charge in [-0.25, -0.2) is 8.42 Å². The van der Waals surface area contributed by atoms with Gasteiger partial charge in [0.25, 0.3) is 0 Å². The number of piperazine rings is 1. The molecule has 1 saturated heterocycles. The Morgan fingerprint density at radius 1 is 1.15 bits per heavy atom. The van der Waals surface area contributed by atoms with E-state index in [9.17, 15) is 8.42 Å². The molecule has 0 bridgehead atoms. The number of nitrogens with zero attached hydrogens (tertiary/aromatic N) is 4. The molecule has 1 aromatic carbocycles. The largest absolute Gasteiger partial charge is 0.338 e. The summed E-state index contributed by atoms with van der Waals surface area (Å²) in [5.74, 6) is 1.49. The van der Waals surface area contributed by atoms with E-state index in [1.165, 1.54) is 4.31 Å². The minimum absolute atomic E-state index is 0.0364. The van der Waals surface area contributed by atoms with Crippen LogP contribution in [0.25, 0.3) is 0 Å².